The van der Waals surface area contributed by atoms with Crippen molar-refractivity contribution < 1.29 is 4.79 Å². The van der Waals surface area contributed by atoms with Crippen LogP contribution in [0.15, 0.2) is 54.6 Å². The van der Waals surface area contributed by atoms with Gasteiger partial charge in [-0.3, -0.25) is 4.79 Å². The summed E-state index contributed by atoms with van der Waals surface area (Å²) in [6.07, 6.45) is 0.423. The van der Waals surface area contributed by atoms with Gasteiger partial charge in [0.2, 0.25) is 5.91 Å². The zero-order valence-corrected chi connectivity index (χ0v) is 12.9. The predicted molar refractivity (Wildman–Crippen MR) is 87.0 cm³/mol. The van der Waals surface area contributed by atoms with Gasteiger partial charge in [-0.1, -0.05) is 42.5 Å². The maximum atomic E-state index is 12.2. The number of nitriles is 1. The van der Waals surface area contributed by atoms with E-state index >= 15 is 0 Å². The van der Waals surface area contributed by atoms with E-state index in [1.165, 1.54) is 0 Å². The predicted octanol–water partition coefficient (Wildman–Crippen LogP) is 3.61. The Morgan fingerprint density at radius 2 is 1.80 bits per heavy atom. The van der Waals surface area contributed by atoms with Gasteiger partial charge in [-0.25, -0.2) is 0 Å². The van der Waals surface area contributed by atoms with Crippen molar-refractivity contribution in [1.82, 2.24) is 0 Å². The SMILES string of the molecule is N#CC(Cc1ccccc1)C(=O)Nc1ccccc1I. The van der Waals surface area contributed by atoms with Crippen LogP contribution in [-0.2, 0) is 11.2 Å². The highest BCUT2D eigenvalue weighted by atomic mass is 127. The highest BCUT2D eigenvalue weighted by Gasteiger charge is 2.19. The molecule has 2 aromatic carbocycles. The maximum absolute atomic E-state index is 12.2. The number of anilines is 1. The Morgan fingerprint density at radius 3 is 2.45 bits per heavy atom. The number of carbonyl (C=O) groups is 1. The van der Waals surface area contributed by atoms with E-state index in [1.807, 2.05) is 54.6 Å². The van der Waals surface area contributed by atoms with E-state index in [4.69, 9.17) is 0 Å². The summed E-state index contributed by atoms with van der Waals surface area (Å²) in [5, 5.41) is 12.0. The van der Waals surface area contributed by atoms with E-state index < -0.39 is 5.92 Å². The smallest absolute Gasteiger partial charge is 0.242 e. The van der Waals surface area contributed by atoms with Crippen LogP contribution in [0.4, 0.5) is 5.69 Å². The molecule has 4 heteroatoms. The van der Waals surface area contributed by atoms with Crippen molar-refractivity contribution in [3.8, 4) is 6.07 Å². The van der Waals surface area contributed by atoms with Crippen LogP contribution < -0.4 is 5.32 Å². The normalized spacial score (nSPS) is 11.4. The molecule has 0 saturated heterocycles. The average molecular weight is 376 g/mol. The van der Waals surface area contributed by atoms with Gasteiger partial charge in [-0.15, -0.1) is 0 Å². The molecule has 1 amide bonds. The van der Waals surface area contributed by atoms with Gasteiger partial charge in [0.05, 0.1) is 11.8 Å². The molecule has 0 saturated carbocycles. The summed E-state index contributed by atoms with van der Waals surface area (Å²) in [6.45, 7) is 0. The lowest BCUT2D eigenvalue weighted by Gasteiger charge is -2.11. The number of carbonyl (C=O) groups excluding carboxylic acids is 1. The van der Waals surface area contributed by atoms with Crippen molar-refractivity contribution in [2.45, 2.75) is 6.42 Å². The third kappa shape index (κ3) is 3.81. The van der Waals surface area contributed by atoms with Crippen LogP contribution in [0.5, 0.6) is 0 Å². The summed E-state index contributed by atoms with van der Waals surface area (Å²) in [5.74, 6) is -0.950. The van der Waals surface area contributed by atoms with Gasteiger partial charge in [0.15, 0.2) is 0 Å². The molecule has 2 rings (SSSR count). The van der Waals surface area contributed by atoms with Crippen molar-refractivity contribution in [1.29, 1.82) is 5.26 Å². The van der Waals surface area contributed by atoms with Crippen molar-refractivity contribution >= 4 is 34.2 Å². The fraction of sp³-hybridized carbons (Fsp3) is 0.125. The van der Waals surface area contributed by atoms with E-state index in [2.05, 4.69) is 34.0 Å². The van der Waals surface area contributed by atoms with Crippen LogP contribution in [0.2, 0.25) is 0 Å². The van der Waals surface area contributed by atoms with Crippen molar-refractivity contribution in [2.24, 2.45) is 5.92 Å². The lowest BCUT2D eigenvalue weighted by atomic mass is 10.00. The number of nitrogens with one attached hydrogen (secondary N) is 1. The molecule has 3 nitrogen and oxygen atoms in total. The van der Waals surface area contributed by atoms with Gasteiger partial charge in [-0.2, -0.15) is 5.26 Å². The summed E-state index contributed by atoms with van der Waals surface area (Å²) < 4.78 is 0.954. The molecule has 2 aromatic rings. The molecule has 1 N–H and O–H groups in total. The molecule has 0 aliphatic rings. The number of benzene rings is 2. The molecule has 1 unspecified atom stereocenters. The first-order chi connectivity index (χ1) is 9.70. The second-order valence-electron chi connectivity index (χ2n) is 4.34. The fourth-order valence-corrected chi connectivity index (χ4v) is 2.35. The molecule has 0 heterocycles. The summed E-state index contributed by atoms with van der Waals surface area (Å²) in [7, 11) is 0. The Hall–Kier alpha value is -1.87. The number of hydrogen-bond donors (Lipinski definition) is 1. The third-order valence-electron chi connectivity index (χ3n) is 2.89. The van der Waals surface area contributed by atoms with Gasteiger partial charge in [0.25, 0.3) is 0 Å². The number of hydrogen-bond acceptors (Lipinski definition) is 2. The minimum atomic E-state index is -0.687. The highest BCUT2D eigenvalue weighted by molar-refractivity contribution is 14.1. The van der Waals surface area contributed by atoms with Gasteiger partial charge < -0.3 is 5.32 Å². The lowest BCUT2D eigenvalue weighted by Crippen LogP contribution is -2.23. The summed E-state index contributed by atoms with van der Waals surface area (Å²) >= 11 is 2.16. The van der Waals surface area contributed by atoms with Gasteiger partial charge >= 0.3 is 0 Å². The van der Waals surface area contributed by atoms with Crippen LogP contribution in [-0.4, -0.2) is 5.91 Å². The Bertz CT molecular complexity index is 634. The number of amides is 1. The largest absolute Gasteiger partial charge is 0.324 e. The van der Waals surface area contributed by atoms with E-state index in [0.717, 1.165) is 14.8 Å². The molecule has 0 spiro atoms. The van der Waals surface area contributed by atoms with Crippen molar-refractivity contribution in [3.05, 3.63) is 63.7 Å². The van der Waals surface area contributed by atoms with Crippen molar-refractivity contribution in [2.75, 3.05) is 5.32 Å². The summed E-state index contributed by atoms with van der Waals surface area (Å²) in [6, 6.07) is 19.1. The maximum Gasteiger partial charge on any atom is 0.242 e. The molecule has 100 valence electrons. The van der Waals surface area contributed by atoms with Gasteiger partial charge in [-0.05, 0) is 46.7 Å². The van der Waals surface area contributed by atoms with E-state index in [-0.39, 0.29) is 5.91 Å². The first kappa shape index (κ1) is 14.5. The minimum Gasteiger partial charge on any atom is -0.324 e. The summed E-state index contributed by atoms with van der Waals surface area (Å²) in [5.41, 5.74) is 1.73. The van der Waals surface area contributed by atoms with Gasteiger partial charge in [0.1, 0.15) is 5.92 Å². The number of rotatable bonds is 4. The highest BCUT2D eigenvalue weighted by Crippen LogP contribution is 2.18. The lowest BCUT2D eigenvalue weighted by molar-refractivity contribution is -0.118. The molecule has 0 aromatic heterocycles. The standard InChI is InChI=1S/C16H13IN2O/c17-14-8-4-5-9-15(14)19-16(20)13(11-18)10-12-6-2-1-3-7-12/h1-9,13H,10H2,(H,19,20). The molecule has 1 atom stereocenters. The Labute approximate surface area is 131 Å². The zero-order chi connectivity index (χ0) is 14.4. The zero-order valence-electron chi connectivity index (χ0n) is 10.7. The Morgan fingerprint density at radius 1 is 1.15 bits per heavy atom. The van der Waals surface area contributed by atoms with Crippen LogP contribution in [0.25, 0.3) is 0 Å². The second kappa shape index (κ2) is 7.06. The molecular weight excluding hydrogens is 363 g/mol. The number of nitrogens with zero attached hydrogens (tertiary/aromatic N) is 1. The summed E-state index contributed by atoms with van der Waals surface area (Å²) in [4.78, 5) is 12.2. The molecule has 0 bridgehead atoms. The topological polar surface area (TPSA) is 52.9 Å². The Kier molecular flexibility index (Phi) is 5.13. The third-order valence-corrected chi connectivity index (χ3v) is 3.83. The fourth-order valence-electron chi connectivity index (χ4n) is 1.83. The minimum absolute atomic E-state index is 0.263. The molecular formula is C16H13IN2O. The van der Waals surface area contributed by atoms with E-state index in [1.54, 1.807) is 0 Å². The number of para-hydroxylation sites is 1. The molecule has 0 radical (unpaired) electrons. The molecule has 0 aliphatic carbocycles. The second-order valence-corrected chi connectivity index (χ2v) is 5.50. The Balaban J connectivity index is 2.07. The van der Waals surface area contributed by atoms with Crippen LogP contribution in [0.1, 0.15) is 5.56 Å². The van der Waals surface area contributed by atoms with Gasteiger partial charge in [0, 0.05) is 3.57 Å². The molecule has 0 aliphatic heterocycles. The van der Waals surface area contributed by atoms with E-state index in [9.17, 15) is 10.1 Å². The van der Waals surface area contributed by atoms with E-state index in [0.29, 0.717) is 6.42 Å². The first-order valence-electron chi connectivity index (χ1n) is 6.19. The van der Waals surface area contributed by atoms with Crippen LogP contribution in [0, 0.1) is 20.8 Å². The quantitative estimate of drug-likeness (QED) is 0.829. The average Bonchev–Trinajstić information content (AvgIpc) is 2.48. The number of halogens is 1. The van der Waals surface area contributed by atoms with Crippen LogP contribution >= 0.6 is 22.6 Å². The molecule has 0 fully saturated rings. The van der Waals surface area contributed by atoms with Crippen molar-refractivity contribution in [3.63, 3.8) is 0 Å². The monoisotopic (exact) mass is 376 g/mol. The van der Waals surface area contributed by atoms with Crippen LogP contribution in [0.3, 0.4) is 0 Å². The first-order valence-corrected chi connectivity index (χ1v) is 7.27. The molecule has 20 heavy (non-hydrogen) atoms.